The van der Waals surface area contributed by atoms with Gasteiger partial charge in [0.15, 0.2) is 0 Å². The van der Waals surface area contributed by atoms with Gasteiger partial charge in [-0.3, -0.25) is 9.78 Å². The molecule has 0 aromatic carbocycles. The Balaban J connectivity index is 1.42. The van der Waals surface area contributed by atoms with Crippen molar-refractivity contribution >= 4 is 28.2 Å². The summed E-state index contributed by atoms with van der Waals surface area (Å²) in [7, 11) is 2.13. The normalized spacial score (nSPS) is 18.4. The third-order valence-electron chi connectivity index (χ3n) is 6.61. The van der Waals surface area contributed by atoms with Gasteiger partial charge in [-0.1, -0.05) is 5.92 Å². The Morgan fingerprint density at radius 3 is 2.60 bits per heavy atom. The fraction of sp³-hybridized carbons (Fsp3) is 0.385. The van der Waals surface area contributed by atoms with Gasteiger partial charge in [0.25, 0.3) is 6.43 Å². The van der Waals surface area contributed by atoms with Crippen molar-refractivity contribution in [3.63, 3.8) is 0 Å². The number of aromatic nitrogens is 3. The number of piperazine rings is 1. The lowest BCUT2D eigenvalue weighted by Gasteiger charge is -2.38. The maximum atomic E-state index is 13.5. The molecule has 9 heteroatoms. The van der Waals surface area contributed by atoms with Crippen molar-refractivity contribution in [2.45, 2.75) is 32.2 Å². The topological polar surface area (TPSA) is 74.2 Å². The van der Waals surface area contributed by atoms with Gasteiger partial charge in [-0.05, 0) is 50.9 Å². The maximum absolute atomic E-state index is 13.5. The van der Waals surface area contributed by atoms with E-state index < -0.39 is 6.43 Å². The number of halogens is 2. The minimum Gasteiger partial charge on any atom is -0.367 e. The molecule has 2 aliphatic rings. The number of fused-ring (bicyclic) bond motifs is 1. The molecule has 1 saturated heterocycles. The van der Waals surface area contributed by atoms with Gasteiger partial charge >= 0.3 is 0 Å². The molecule has 1 saturated carbocycles. The van der Waals surface area contributed by atoms with Gasteiger partial charge in [-0.15, -0.1) is 0 Å². The van der Waals surface area contributed by atoms with E-state index in [1.54, 1.807) is 6.07 Å². The summed E-state index contributed by atoms with van der Waals surface area (Å²) in [5.74, 6) is 6.24. The van der Waals surface area contributed by atoms with Crippen LogP contribution in [0.5, 0.6) is 0 Å². The molecule has 1 atom stereocenters. The maximum Gasteiger partial charge on any atom is 0.281 e. The molecule has 0 spiro atoms. The molecule has 1 amide bonds. The van der Waals surface area contributed by atoms with E-state index in [2.05, 4.69) is 55.9 Å². The number of carbonyl (C=O) groups is 1. The van der Waals surface area contributed by atoms with Crippen molar-refractivity contribution < 1.29 is 13.6 Å². The first-order valence-electron chi connectivity index (χ1n) is 11.7. The number of hydrogen-bond donors (Lipinski definition) is 1. The van der Waals surface area contributed by atoms with Crippen molar-refractivity contribution in [3.05, 3.63) is 53.7 Å². The molecule has 1 N–H and O–H groups in total. The van der Waals surface area contributed by atoms with E-state index in [9.17, 15) is 13.6 Å². The molecule has 2 fully saturated rings. The molecular weight excluding hydrogens is 450 g/mol. The van der Waals surface area contributed by atoms with E-state index >= 15 is 0 Å². The number of alkyl halides is 2. The first kappa shape index (κ1) is 23.1. The Morgan fingerprint density at radius 1 is 1.09 bits per heavy atom. The molecule has 4 heterocycles. The zero-order chi connectivity index (χ0) is 24.5. The van der Waals surface area contributed by atoms with Crippen LogP contribution in [0.1, 0.15) is 43.1 Å². The summed E-state index contributed by atoms with van der Waals surface area (Å²) in [6, 6.07) is 5.91. The van der Waals surface area contributed by atoms with E-state index in [1.807, 2.05) is 18.3 Å². The van der Waals surface area contributed by atoms with Crippen LogP contribution in [0.2, 0.25) is 0 Å². The number of likely N-dealkylation sites (N-methyl/N-ethyl adjacent to an activating group) is 1. The lowest BCUT2D eigenvalue weighted by Crippen LogP contribution is -2.50. The molecule has 0 bridgehead atoms. The minimum atomic E-state index is -2.75. The number of amides is 1. The third kappa shape index (κ3) is 5.08. The van der Waals surface area contributed by atoms with E-state index in [-0.39, 0.29) is 22.9 Å². The van der Waals surface area contributed by atoms with Gasteiger partial charge in [0, 0.05) is 54.8 Å². The summed E-state index contributed by atoms with van der Waals surface area (Å²) < 4.78 is 27.1. The first-order valence-corrected chi connectivity index (χ1v) is 11.7. The predicted molar refractivity (Wildman–Crippen MR) is 130 cm³/mol. The SMILES string of the molecule is C[C@H]1CN(c2ccc(C#Cc3cnc(C(F)F)c4cnc(NC(=O)C5CC5)cc34)nc2)CCN1C. The van der Waals surface area contributed by atoms with Gasteiger partial charge in [-0.2, -0.15) is 0 Å². The number of nitrogens with zero attached hydrogens (tertiary/aromatic N) is 5. The molecule has 35 heavy (non-hydrogen) atoms. The second-order valence-corrected chi connectivity index (χ2v) is 9.16. The lowest BCUT2D eigenvalue weighted by molar-refractivity contribution is -0.117. The lowest BCUT2D eigenvalue weighted by atomic mass is 10.1. The van der Waals surface area contributed by atoms with Crippen molar-refractivity contribution in [3.8, 4) is 11.8 Å². The fourth-order valence-corrected chi connectivity index (χ4v) is 4.13. The van der Waals surface area contributed by atoms with Gasteiger partial charge in [0.1, 0.15) is 17.2 Å². The molecule has 7 nitrogen and oxygen atoms in total. The van der Waals surface area contributed by atoms with E-state index in [0.717, 1.165) is 38.2 Å². The molecule has 3 aromatic heterocycles. The Labute approximate surface area is 202 Å². The molecule has 3 aromatic rings. The highest BCUT2D eigenvalue weighted by Gasteiger charge is 2.30. The van der Waals surface area contributed by atoms with Crippen LogP contribution in [-0.2, 0) is 4.79 Å². The monoisotopic (exact) mass is 476 g/mol. The van der Waals surface area contributed by atoms with Crippen LogP contribution in [0.15, 0.2) is 36.8 Å². The van der Waals surface area contributed by atoms with E-state index in [1.165, 1.54) is 12.4 Å². The Hall–Kier alpha value is -3.64. The summed E-state index contributed by atoms with van der Waals surface area (Å²) in [4.78, 5) is 29.3. The summed E-state index contributed by atoms with van der Waals surface area (Å²) in [5, 5.41) is 3.44. The highest BCUT2D eigenvalue weighted by molar-refractivity contribution is 5.97. The summed E-state index contributed by atoms with van der Waals surface area (Å²) in [5.41, 5.74) is 1.72. The van der Waals surface area contributed by atoms with Crippen LogP contribution in [0.25, 0.3) is 10.8 Å². The molecule has 180 valence electrons. The fourth-order valence-electron chi connectivity index (χ4n) is 4.13. The molecule has 1 aliphatic carbocycles. The molecular formula is C26H26F2N6O. The first-order chi connectivity index (χ1) is 16.9. The minimum absolute atomic E-state index is 0.00364. The number of nitrogens with one attached hydrogen (secondary N) is 1. The second kappa shape index (κ2) is 9.55. The van der Waals surface area contributed by atoms with E-state index in [4.69, 9.17) is 0 Å². The zero-order valence-corrected chi connectivity index (χ0v) is 19.6. The zero-order valence-electron chi connectivity index (χ0n) is 19.6. The predicted octanol–water partition coefficient (Wildman–Crippen LogP) is 3.85. The highest BCUT2D eigenvalue weighted by Crippen LogP contribution is 2.32. The van der Waals surface area contributed by atoms with Crippen LogP contribution in [0, 0.1) is 17.8 Å². The highest BCUT2D eigenvalue weighted by atomic mass is 19.3. The van der Waals surface area contributed by atoms with Crippen molar-refractivity contribution in [1.82, 2.24) is 19.9 Å². The molecule has 0 unspecified atom stereocenters. The smallest absolute Gasteiger partial charge is 0.281 e. The summed E-state index contributed by atoms with van der Waals surface area (Å²) in [6.45, 7) is 5.07. The third-order valence-corrected chi connectivity index (χ3v) is 6.61. The summed E-state index contributed by atoms with van der Waals surface area (Å²) in [6.07, 6.45) is 3.43. The van der Waals surface area contributed by atoms with Crippen LogP contribution in [-0.4, -0.2) is 58.5 Å². The Bertz CT molecular complexity index is 1310. The standard InChI is InChI=1S/C26H26F2N6O/c1-16-15-34(10-9-33(16)2)20-8-7-19(29-13-20)6-5-18-12-31-24(25(27)28)22-14-30-23(11-21(18)22)32-26(35)17-3-4-17/h7-8,11-14,16-17,25H,3-4,9-10,15H2,1-2H3,(H,30,32,35)/t16-/m0/s1. The molecule has 0 radical (unpaired) electrons. The van der Waals surface area contributed by atoms with Crippen molar-refractivity contribution in [2.75, 3.05) is 36.9 Å². The van der Waals surface area contributed by atoms with Gasteiger partial charge in [0.2, 0.25) is 5.91 Å². The van der Waals surface area contributed by atoms with Crippen LogP contribution >= 0.6 is 0 Å². The van der Waals surface area contributed by atoms with E-state index in [0.29, 0.717) is 28.5 Å². The quantitative estimate of drug-likeness (QED) is 0.577. The number of pyridine rings is 3. The van der Waals surface area contributed by atoms with Crippen LogP contribution in [0.3, 0.4) is 0 Å². The van der Waals surface area contributed by atoms with Gasteiger partial charge in [-0.25, -0.2) is 18.7 Å². The Kier molecular flexibility index (Phi) is 6.31. The van der Waals surface area contributed by atoms with Crippen molar-refractivity contribution in [1.29, 1.82) is 0 Å². The van der Waals surface area contributed by atoms with Crippen molar-refractivity contribution in [2.24, 2.45) is 5.92 Å². The number of hydrogen-bond acceptors (Lipinski definition) is 6. The largest absolute Gasteiger partial charge is 0.367 e. The molecule has 5 rings (SSSR count). The van der Waals surface area contributed by atoms with Gasteiger partial charge < -0.3 is 15.1 Å². The number of anilines is 2. The van der Waals surface area contributed by atoms with Crippen LogP contribution in [0.4, 0.5) is 20.3 Å². The number of rotatable bonds is 4. The average Bonchev–Trinajstić information content (AvgIpc) is 3.70. The average molecular weight is 477 g/mol. The number of carbonyl (C=O) groups excluding carboxylic acids is 1. The second-order valence-electron chi connectivity index (χ2n) is 9.16. The summed E-state index contributed by atoms with van der Waals surface area (Å²) >= 11 is 0. The Morgan fingerprint density at radius 2 is 1.91 bits per heavy atom. The molecule has 1 aliphatic heterocycles. The van der Waals surface area contributed by atoms with Crippen LogP contribution < -0.4 is 10.2 Å². The van der Waals surface area contributed by atoms with Gasteiger partial charge in [0.05, 0.1) is 17.4 Å².